The molecule has 27 heavy (non-hydrogen) atoms. The number of para-hydroxylation sites is 1. The lowest BCUT2D eigenvalue weighted by molar-refractivity contribution is -0.150. The van der Waals surface area contributed by atoms with Crippen molar-refractivity contribution >= 4 is 29.3 Å². The van der Waals surface area contributed by atoms with Crippen molar-refractivity contribution in [2.45, 2.75) is 41.7 Å². The third-order valence-electron chi connectivity index (χ3n) is 5.34. The molecule has 0 unspecified atom stereocenters. The van der Waals surface area contributed by atoms with E-state index in [9.17, 15) is 9.59 Å². The van der Waals surface area contributed by atoms with Gasteiger partial charge in [0.2, 0.25) is 0 Å². The fourth-order valence-corrected chi connectivity index (χ4v) is 4.69. The molecule has 0 saturated heterocycles. The van der Waals surface area contributed by atoms with Gasteiger partial charge in [-0.1, -0.05) is 49.4 Å². The van der Waals surface area contributed by atoms with Crippen LogP contribution in [0.2, 0.25) is 0 Å². The molecular weight excluding hydrogens is 358 g/mol. The Kier molecular flexibility index (Phi) is 4.96. The molecule has 0 aromatic heterocycles. The highest BCUT2D eigenvalue weighted by Crippen LogP contribution is 2.49. The van der Waals surface area contributed by atoms with Gasteiger partial charge in [-0.2, -0.15) is 0 Å². The molecule has 1 amide bonds. The summed E-state index contributed by atoms with van der Waals surface area (Å²) in [4.78, 5) is 28.4. The Balaban J connectivity index is 1.45. The lowest BCUT2D eigenvalue weighted by atomic mass is 9.96. The van der Waals surface area contributed by atoms with Crippen molar-refractivity contribution in [2.24, 2.45) is 0 Å². The van der Waals surface area contributed by atoms with Gasteiger partial charge in [0.1, 0.15) is 0 Å². The average Bonchev–Trinajstić information content (AvgIpc) is 3.51. The number of hydrogen-bond acceptors (Lipinski definition) is 4. The molecule has 140 valence electrons. The predicted molar refractivity (Wildman–Crippen MR) is 107 cm³/mol. The molecule has 2 aliphatic rings. The van der Waals surface area contributed by atoms with Crippen molar-refractivity contribution in [3.63, 3.8) is 0 Å². The highest BCUT2D eigenvalue weighted by Gasteiger charge is 2.52. The normalized spacial score (nSPS) is 20.3. The minimum Gasteiger partial charge on any atom is -0.455 e. The van der Waals surface area contributed by atoms with E-state index in [4.69, 9.17) is 4.74 Å². The number of ether oxygens (including phenoxy) is 1. The van der Waals surface area contributed by atoms with Crippen LogP contribution in [0.5, 0.6) is 0 Å². The number of thioether (sulfide) groups is 1. The number of fused-ring (bicyclic) bond motifs is 1. The van der Waals surface area contributed by atoms with E-state index in [1.165, 1.54) is 0 Å². The number of carbonyl (C=O) groups excluding carboxylic acids is 2. The molecule has 1 saturated carbocycles. The zero-order chi connectivity index (χ0) is 18.9. The Morgan fingerprint density at radius 2 is 1.81 bits per heavy atom. The summed E-state index contributed by atoms with van der Waals surface area (Å²) < 4.78 is 5.48. The first kappa shape index (κ1) is 18.1. The van der Waals surface area contributed by atoms with E-state index in [1.807, 2.05) is 54.6 Å². The first-order valence-electron chi connectivity index (χ1n) is 9.39. The van der Waals surface area contributed by atoms with E-state index in [2.05, 4.69) is 6.92 Å². The molecular formula is C22H23NO3S. The zero-order valence-electron chi connectivity index (χ0n) is 15.4. The Morgan fingerprint density at radius 1 is 1.11 bits per heavy atom. The number of hydrogen-bond donors (Lipinski definition) is 0. The molecule has 1 aliphatic heterocycles. The van der Waals surface area contributed by atoms with E-state index in [0.29, 0.717) is 11.8 Å². The summed E-state index contributed by atoms with van der Waals surface area (Å²) in [6, 6.07) is 17.7. The van der Waals surface area contributed by atoms with Crippen LogP contribution in [0.15, 0.2) is 59.5 Å². The molecule has 1 aliphatic carbocycles. The van der Waals surface area contributed by atoms with E-state index in [-0.39, 0.29) is 18.5 Å². The number of rotatable bonds is 4. The van der Waals surface area contributed by atoms with Crippen molar-refractivity contribution in [3.05, 3.63) is 60.2 Å². The lowest BCUT2D eigenvalue weighted by Gasteiger charge is -2.23. The van der Waals surface area contributed by atoms with E-state index >= 15 is 0 Å². The molecule has 2 aromatic carbocycles. The smallest absolute Gasteiger partial charge is 0.317 e. The number of carbonyl (C=O) groups is 2. The lowest BCUT2D eigenvalue weighted by Crippen LogP contribution is -2.37. The van der Waals surface area contributed by atoms with Crippen molar-refractivity contribution < 1.29 is 14.3 Å². The maximum absolute atomic E-state index is 12.8. The second-order valence-corrected chi connectivity index (χ2v) is 8.73. The van der Waals surface area contributed by atoms with E-state index < -0.39 is 5.41 Å². The van der Waals surface area contributed by atoms with Gasteiger partial charge in [-0.3, -0.25) is 9.59 Å². The summed E-state index contributed by atoms with van der Waals surface area (Å²) in [5.74, 6) is -0.442. The third kappa shape index (κ3) is 3.61. The second-order valence-electron chi connectivity index (χ2n) is 7.25. The maximum Gasteiger partial charge on any atom is 0.317 e. The summed E-state index contributed by atoms with van der Waals surface area (Å²) in [7, 11) is 0. The minimum absolute atomic E-state index is 0.158. The summed E-state index contributed by atoms with van der Waals surface area (Å²) in [6.07, 6.45) is 2.47. The van der Waals surface area contributed by atoms with Crippen LogP contribution in [-0.2, 0) is 19.7 Å². The molecule has 0 spiro atoms. The van der Waals surface area contributed by atoms with E-state index in [0.717, 1.165) is 35.4 Å². The fraction of sp³-hybridized carbons (Fsp3) is 0.364. The largest absolute Gasteiger partial charge is 0.455 e. The van der Waals surface area contributed by atoms with Gasteiger partial charge in [0.25, 0.3) is 5.91 Å². The van der Waals surface area contributed by atoms with Crippen LogP contribution >= 0.6 is 11.8 Å². The van der Waals surface area contributed by atoms with Gasteiger partial charge in [-0.15, -0.1) is 11.8 Å². The van der Waals surface area contributed by atoms with Crippen LogP contribution < -0.4 is 4.90 Å². The topological polar surface area (TPSA) is 46.6 Å². The second kappa shape index (κ2) is 7.39. The standard InChI is InChI=1S/C22H23NO3S/c1-16-11-14-23(18-9-5-6-10-19(18)27-16)20(24)15-26-21(25)22(12-13-22)17-7-3-2-4-8-17/h2-10,16H,11-15H2,1H3/t16-/m1/s1. The fourth-order valence-electron chi connectivity index (χ4n) is 3.58. The molecule has 2 aromatic rings. The van der Waals surface area contributed by atoms with Gasteiger partial charge in [-0.25, -0.2) is 0 Å². The number of nitrogens with zero attached hydrogens (tertiary/aromatic N) is 1. The van der Waals surface area contributed by atoms with Gasteiger partial charge in [0.15, 0.2) is 6.61 Å². The maximum atomic E-state index is 12.8. The molecule has 1 atom stereocenters. The molecule has 0 N–H and O–H groups in total. The van der Waals surface area contributed by atoms with Gasteiger partial charge in [0, 0.05) is 16.7 Å². The number of anilines is 1. The number of esters is 1. The van der Waals surface area contributed by atoms with Gasteiger partial charge >= 0.3 is 5.97 Å². The van der Waals surface area contributed by atoms with Crippen molar-refractivity contribution in [1.82, 2.24) is 0 Å². The van der Waals surface area contributed by atoms with Crippen molar-refractivity contribution in [1.29, 1.82) is 0 Å². The van der Waals surface area contributed by atoms with Gasteiger partial charge < -0.3 is 9.64 Å². The van der Waals surface area contributed by atoms with Crippen molar-refractivity contribution in [3.8, 4) is 0 Å². The molecule has 0 radical (unpaired) electrons. The number of amides is 1. The summed E-state index contributed by atoms with van der Waals surface area (Å²) in [6.45, 7) is 2.61. The van der Waals surface area contributed by atoms with Gasteiger partial charge in [0.05, 0.1) is 11.1 Å². The summed E-state index contributed by atoms with van der Waals surface area (Å²) in [5.41, 5.74) is 1.34. The Bertz CT molecular complexity index is 848. The van der Waals surface area contributed by atoms with Crippen LogP contribution in [0.25, 0.3) is 0 Å². The highest BCUT2D eigenvalue weighted by atomic mass is 32.2. The molecule has 1 heterocycles. The first-order valence-corrected chi connectivity index (χ1v) is 10.3. The number of benzene rings is 2. The highest BCUT2D eigenvalue weighted by molar-refractivity contribution is 8.00. The zero-order valence-corrected chi connectivity index (χ0v) is 16.2. The quantitative estimate of drug-likeness (QED) is 0.746. The molecule has 5 heteroatoms. The van der Waals surface area contributed by atoms with Crippen LogP contribution in [0.1, 0.15) is 31.7 Å². The molecule has 4 nitrogen and oxygen atoms in total. The van der Waals surface area contributed by atoms with Crippen LogP contribution in [0, 0.1) is 0 Å². The Morgan fingerprint density at radius 3 is 2.56 bits per heavy atom. The Labute approximate surface area is 163 Å². The minimum atomic E-state index is -0.553. The molecule has 1 fully saturated rings. The van der Waals surface area contributed by atoms with E-state index in [1.54, 1.807) is 16.7 Å². The first-order chi connectivity index (χ1) is 13.1. The summed E-state index contributed by atoms with van der Waals surface area (Å²) in [5, 5.41) is 0.444. The van der Waals surface area contributed by atoms with Crippen LogP contribution in [-0.4, -0.2) is 30.3 Å². The monoisotopic (exact) mass is 381 g/mol. The van der Waals surface area contributed by atoms with Gasteiger partial charge in [-0.05, 0) is 37.0 Å². The SMILES string of the molecule is C[C@@H]1CCN(C(=O)COC(=O)C2(c3ccccc3)CC2)c2ccccc2S1. The summed E-state index contributed by atoms with van der Waals surface area (Å²) >= 11 is 1.79. The third-order valence-corrected chi connectivity index (χ3v) is 6.58. The van der Waals surface area contributed by atoms with Crippen molar-refractivity contribution in [2.75, 3.05) is 18.1 Å². The van der Waals surface area contributed by atoms with Crippen LogP contribution in [0.3, 0.4) is 0 Å². The Hall–Kier alpha value is -2.27. The molecule has 0 bridgehead atoms. The predicted octanol–water partition coefficient (Wildman–Crippen LogP) is 4.18. The molecule has 4 rings (SSSR count). The average molecular weight is 381 g/mol. The van der Waals surface area contributed by atoms with Crippen LogP contribution in [0.4, 0.5) is 5.69 Å².